The van der Waals surface area contributed by atoms with E-state index in [1.807, 2.05) is 0 Å². The summed E-state index contributed by atoms with van der Waals surface area (Å²) in [6, 6.07) is 115. The van der Waals surface area contributed by atoms with Crippen LogP contribution in [0.25, 0.3) is 99.1 Å². The minimum atomic E-state index is 1.05. The predicted octanol–water partition coefficient (Wildman–Crippen LogP) is 21.0. The molecule has 0 aliphatic heterocycles. The fourth-order valence-corrected chi connectivity index (χ4v) is 12.3. The second-order valence-electron chi connectivity index (χ2n) is 20.4. The van der Waals surface area contributed by atoms with Crippen molar-refractivity contribution in [2.24, 2.45) is 0 Å². The molecule has 2 heterocycles. The Morgan fingerprint density at radius 3 is 1.40 bits per heavy atom. The van der Waals surface area contributed by atoms with E-state index in [-0.39, 0.29) is 0 Å². The van der Waals surface area contributed by atoms with E-state index in [0.717, 1.165) is 56.6 Å². The van der Waals surface area contributed by atoms with Crippen LogP contribution in [0.2, 0.25) is 0 Å². The summed E-state index contributed by atoms with van der Waals surface area (Å²) in [6.07, 6.45) is 0. The Bertz CT molecular complexity index is 4680. The summed E-state index contributed by atoms with van der Waals surface area (Å²) in [6.45, 7) is 0. The van der Waals surface area contributed by atoms with Crippen molar-refractivity contribution in [3.63, 3.8) is 0 Å². The number of aromatic nitrogens is 2. The molecule has 376 valence electrons. The van der Waals surface area contributed by atoms with Crippen LogP contribution in [-0.2, 0) is 0 Å². The van der Waals surface area contributed by atoms with Gasteiger partial charge in [-0.25, -0.2) is 0 Å². The number of benzene rings is 13. The number of anilines is 6. The lowest BCUT2D eigenvalue weighted by molar-refractivity contribution is 1.16. The zero-order valence-electron chi connectivity index (χ0n) is 43.8. The molecular formula is C76H52N4. The molecule has 0 amide bonds. The summed E-state index contributed by atoms with van der Waals surface area (Å²) in [4.78, 5) is 4.71. The maximum absolute atomic E-state index is 2.54. The van der Waals surface area contributed by atoms with Crippen molar-refractivity contribution in [3.8, 4) is 44.9 Å². The van der Waals surface area contributed by atoms with Gasteiger partial charge in [-0.3, -0.25) is 0 Å². The molecule has 0 saturated carbocycles. The van der Waals surface area contributed by atoms with E-state index in [0.29, 0.717) is 0 Å². The van der Waals surface area contributed by atoms with Gasteiger partial charge in [0.1, 0.15) is 0 Å². The van der Waals surface area contributed by atoms with Gasteiger partial charge >= 0.3 is 0 Å². The van der Waals surface area contributed by atoms with Crippen molar-refractivity contribution in [1.29, 1.82) is 0 Å². The Labute approximate surface area is 465 Å². The topological polar surface area (TPSA) is 16.3 Å². The Morgan fingerprint density at radius 1 is 0.250 bits per heavy atom. The van der Waals surface area contributed by atoms with Crippen LogP contribution in [0.5, 0.6) is 0 Å². The van der Waals surface area contributed by atoms with Gasteiger partial charge in [-0.15, -0.1) is 0 Å². The lowest BCUT2D eigenvalue weighted by atomic mass is 9.94. The highest BCUT2D eigenvalue weighted by Crippen LogP contribution is 2.48. The summed E-state index contributed by atoms with van der Waals surface area (Å²) in [5, 5.41) is 8.42. The SMILES string of the molecule is c1ccc(-c2c(-c3ccccc3)n(-c3cccc4ccccc34)c3c2ccc2c(-c4ccc(N(c5ccc(N(c6ccccc6)c6ccccc6)cc5)c5ccc6c(c5)c5ccccc5n6-c5ccccc5)cc4)cccc23)cc1. The number of para-hydroxylation sites is 4. The smallest absolute Gasteiger partial charge is 0.0620 e. The van der Waals surface area contributed by atoms with Crippen LogP contribution < -0.4 is 9.80 Å². The van der Waals surface area contributed by atoms with E-state index in [2.05, 4.69) is 334 Å². The normalized spacial score (nSPS) is 11.5. The predicted molar refractivity (Wildman–Crippen MR) is 338 cm³/mol. The Morgan fingerprint density at radius 2 is 0.725 bits per heavy atom. The molecule has 0 saturated heterocycles. The highest BCUT2D eigenvalue weighted by molar-refractivity contribution is 6.19. The number of nitrogens with zero attached hydrogens (tertiary/aromatic N) is 4. The van der Waals surface area contributed by atoms with Gasteiger partial charge in [-0.2, -0.15) is 0 Å². The fraction of sp³-hybridized carbons (Fsp3) is 0. The third kappa shape index (κ3) is 7.92. The molecule has 0 aliphatic rings. The summed E-state index contributed by atoms with van der Waals surface area (Å²) < 4.78 is 4.92. The molecule has 0 atom stereocenters. The van der Waals surface area contributed by atoms with E-state index < -0.39 is 0 Å². The quantitative estimate of drug-likeness (QED) is 0.128. The Hall–Kier alpha value is -10.7. The van der Waals surface area contributed by atoms with Crippen molar-refractivity contribution in [1.82, 2.24) is 9.13 Å². The van der Waals surface area contributed by atoms with Gasteiger partial charge in [0, 0.05) is 72.3 Å². The molecule has 2 aromatic heterocycles. The zero-order chi connectivity index (χ0) is 52.9. The van der Waals surface area contributed by atoms with Gasteiger partial charge in [-0.1, -0.05) is 212 Å². The van der Waals surface area contributed by atoms with Crippen molar-refractivity contribution >= 4 is 88.4 Å². The second kappa shape index (κ2) is 19.7. The molecule has 0 radical (unpaired) electrons. The van der Waals surface area contributed by atoms with Crippen LogP contribution in [0.4, 0.5) is 34.1 Å². The van der Waals surface area contributed by atoms with Crippen LogP contribution in [0, 0.1) is 0 Å². The zero-order valence-corrected chi connectivity index (χ0v) is 43.8. The van der Waals surface area contributed by atoms with Crippen molar-refractivity contribution in [3.05, 3.63) is 315 Å². The molecule has 0 bridgehead atoms. The van der Waals surface area contributed by atoms with E-state index in [1.54, 1.807) is 0 Å². The number of hydrogen-bond acceptors (Lipinski definition) is 2. The van der Waals surface area contributed by atoms with Crippen molar-refractivity contribution in [2.45, 2.75) is 0 Å². The average Bonchev–Trinajstić information content (AvgIpc) is 4.13. The molecule has 0 fully saturated rings. The van der Waals surface area contributed by atoms with Gasteiger partial charge in [0.05, 0.1) is 27.9 Å². The fourth-order valence-electron chi connectivity index (χ4n) is 12.3. The van der Waals surface area contributed by atoms with Gasteiger partial charge < -0.3 is 18.9 Å². The molecule has 4 heteroatoms. The summed E-state index contributed by atoms with van der Waals surface area (Å²) in [5.74, 6) is 0. The number of rotatable bonds is 11. The minimum Gasteiger partial charge on any atom is -0.311 e. The molecule has 15 rings (SSSR count). The number of hydrogen-bond donors (Lipinski definition) is 0. The highest BCUT2D eigenvalue weighted by atomic mass is 15.2. The Kier molecular flexibility index (Phi) is 11.5. The molecule has 0 spiro atoms. The molecule has 80 heavy (non-hydrogen) atoms. The minimum absolute atomic E-state index is 1.05. The molecule has 0 unspecified atom stereocenters. The Balaban J connectivity index is 0.906. The van der Waals surface area contributed by atoms with Crippen LogP contribution in [-0.4, -0.2) is 9.13 Å². The van der Waals surface area contributed by atoms with Gasteiger partial charge in [0.25, 0.3) is 0 Å². The van der Waals surface area contributed by atoms with E-state index in [1.165, 1.54) is 76.7 Å². The van der Waals surface area contributed by atoms with E-state index >= 15 is 0 Å². The first kappa shape index (κ1) is 46.6. The largest absolute Gasteiger partial charge is 0.311 e. The van der Waals surface area contributed by atoms with E-state index in [4.69, 9.17) is 0 Å². The molecule has 0 aliphatic carbocycles. The first-order valence-corrected chi connectivity index (χ1v) is 27.4. The van der Waals surface area contributed by atoms with Crippen LogP contribution in [0.15, 0.2) is 315 Å². The average molecular weight is 1020 g/mol. The molecule has 0 N–H and O–H groups in total. The maximum Gasteiger partial charge on any atom is 0.0620 e. The second-order valence-corrected chi connectivity index (χ2v) is 20.4. The van der Waals surface area contributed by atoms with Crippen molar-refractivity contribution < 1.29 is 0 Å². The van der Waals surface area contributed by atoms with E-state index in [9.17, 15) is 0 Å². The maximum atomic E-state index is 2.54. The van der Waals surface area contributed by atoms with Gasteiger partial charge in [-0.05, 0) is 136 Å². The highest BCUT2D eigenvalue weighted by Gasteiger charge is 2.25. The summed E-state index contributed by atoms with van der Waals surface area (Å²) >= 11 is 0. The third-order valence-electron chi connectivity index (χ3n) is 15.9. The lowest BCUT2D eigenvalue weighted by Crippen LogP contribution is -2.12. The first-order chi connectivity index (χ1) is 39.7. The van der Waals surface area contributed by atoms with Crippen molar-refractivity contribution in [2.75, 3.05) is 9.80 Å². The molecule has 15 aromatic rings. The first-order valence-electron chi connectivity index (χ1n) is 27.4. The van der Waals surface area contributed by atoms with Crippen LogP contribution in [0.3, 0.4) is 0 Å². The standard InChI is InChI=1S/C76H52N4/c1-6-23-55(24-7-1)74-69-50-49-66-64(36-21-37-68(66)76(69)80(75(74)56-25-8-2-9-26-56)71-39-20-27-53-22-16-17-34-65(53)71)54-40-42-60(43-41-54)78(62-46-44-61(45-47-62)77(57-28-10-3-11-29-57)58-30-12-4-13-31-58)63-48-51-73-70(52-63)67-35-18-19-38-72(67)79(73)59-32-14-5-15-33-59/h1-52H. The summed E-state index contributed by atoms with van der Waals surface area (Å²) in [7, 11) is 0. The number of fused-ring (bicyclic) bond motifs is 7. The van der Waals surface area contributed by atoms with Crippen LogP contribution in [0.1, 0.15) is 0 Å². The summed E-state index contributed by atoms with van der Waals surface area (Å²) in [5.41, 5.74) is 19.4. The van der Waals surface area contributed by atoms with Gasteiger partial charge in [0.2, 0.25) is 0 Å². The third-order valence-corrected chi connectivity index (χ3v) is 15.9. The monoisotopic (exact) mass is 1020 g/mol. The lowest BCUT2D eigenvalue weighted by Gasteiger charge is -2.28. The van der Waals surface area contributed by atoms with Crippen LogP contribution >= 0.6 is 0 Å². The van der Waals surface area contributed by atoms with Gasteiger partial charge in [0.15, 0.2) is 0 Å². The molecule has 4 nitrogen and oxygen atoms in total. The molecule has 13 aromatic carbocycles. The molecular weight excluding hydrogens is 969 g/mol.